The topological polar surface area (TPSA) is 41.6 Å². The second-order valence-corrected chi connectivity index (χ2v) is 6.02. The molecule has 0 saturated carbocycles. The van der Waals surface area contributed by atoms with Crippen molar-refractivity contribution in [1.82, 2.24) is 5.32 Å². The molecule has 1 atom stereocenters. The number of alkyl halides is 2. The van der Waals surface area contributed by atoms with Crippen molar-refractivity contribution in [3.63, 3.8) is 0 Å². The summed E-state index contributed by atoms with van der Waals surface area (Å²) in [5, 5.41) is 3.03. The summed E-state index contributed by atoms with van der Waals surface area (Å²) >= 11 is 1.50. The quantitative estimate of drug-likeness (QED) is 0.871. The predicted molar refractivity (Wildman–Crippen MR) is 84.8 cm³/mol. The normalized spacial score (nSPS) is 18.4. The molecule has 0 radical (unpaired) electrons. The molecule has 1 aromatic rings. The van der Waals surface area contributed by atoms with E-state index in [1.807, 2.05) is 6.26 Å². The van der Waals surface area contributed by atoms with Crippen molar-refractivity contribution in [2.45, 2.75) is 25.5 Å². The molecule has 1 fully saturated rings. The standard InChI is InChI=1S/C15H20F2N2O2S/c1-22-10-14(20)18-11-3-2-8-19(9-11)12-4-6-13(7-5-12)21-15(16)17/h4-7,11,15H,2-3,8-10H2,1H3,(H,18,20)/t11-/m1/s1. The van der Waals surface area contributed by atoms with Gasteiger partial charge < -0.3 is 15.0 Å². The fourth-order valence-electron chi connectivity index (χ4n) is 2.57. The lowest BCUT2D eigenvalue weighted by molar-refractivity contribution is -0.119. The van der Waals surface area contributed by atoms with E-state index in [0.717, 1.165) is 31.6 Å². The van der Waals surface area contributed by atoms with E-state index in [1.165, 1.54) is 23.9 Å². The Morgan fingerprint density at radius 3 is 2.82 bits per heavy atom. The number of ether oxygens (including phenoxy) is 1. The Morgan fingerprint density at radius 1 is 1.45 bits per heavy atom. The molecule has 0 spiro atoms. The molecule has 1 N–H and O–H groups in total. The highest BCUT2D eigenvalue weighted by atomic mass is 32.2. The first-order valence-electron chi connectivity index (χ1n) is 7.16. The van der Waals surface area contributed by atoms with Crippen LogP contribution in [-0.4, -0.2) is 43.7 Å². The van der Waals surface area contributed by atoms with Crippen molar-refractivity contribution in [3.05, 3.63) is 24.3 Å². The number of hydrogen-bond acceptors (Lipinski definition) is 4. The molecule has 0 bridgehead atoms. The van der Waals surface area contributed by atoms with Gasteiger partial charge in [-0.2, -0.15) is 20.5 Å². The lowest BCUT2D eigenvalue weighted by Crippen LogP contribution is -2.48. The fourth-order valence-corrected chi connectivity index (χ4v) is 2.91. The minimum atomic E-state index is -2.81. The molecule has 1 aliphatic heterocycles. The zero-order chi connectivity index (χ0) is 15.9. The van der Waals surface area contributed by atoms with Gasteiger partial charge >= 0.3 is 6.61 Å². The maximum absolute atomic E-state index is 12.1. The molecular formula is C15H20F2N2O2S. The van der Waals surface area contributed by atoms with Gasteiger partial charge in [-0.25, -0.2) is 0 Å². The second kappa shape index (κ2) is 8.22. The maximum atomic E-state index is 12.1. The van der Waals surface area contributed by atoms with Crippen LogP contribution in [0.4, 0.5) is 14.5 Å². The van der Waals surface area contributed by atoms with Crippen molar-refractivity contribution in [3.8, 4) is 5.75 Å². The number of carbonyl (C=O) groups excluding carboxylic acids is 1. The Morgan fingerprint density at radius 2 is 2.18 bits per heavy atom. The van der Waals surface area contributed by atoms with Crippen molar-refractivity contribution >= 4 is 23.4 Å². The Kier molecular flexibility index (Phi) is 6.30. The average molecular weight is 330 g/mol. The van der Waals surface area contributed by atoms with Crippen LogP contribution in [0.5, 0.6) is 5.75 Å². The summed E-state index contributed by atoms with van der Waals surface area (Å²) in [5.41, 5.74) is 0.949. The van der Waals surface area contributed by atoms with E-state index in [9.17, 15) is 13.6 Å². The van der Waals surface area contributed by atoms with Crippen LogP contribution in [0, 0.1) is 0 Å². The van der Waals surface area contributed by atoms with Gasteiger partial charge in [0.05, 0.1) is 5.75 Å². The van der Waals surface area contributed by atoms with E-state index >= 15 is 0 Å². The SMILES string of the molecule is CSCC(=O)N[C@@H]1CCCN(c2ccc(OC(F)F)cc2)C1. The van der Waals surface area contributed by atoms with Crippen LogP contribution in [0.1, 0.15) is 12.8 Å². The van der Waals surface area contributed by atoms with Crippen LogP contribution in [0.2, 0.25) is 0 Å². The smallest absolute Gasteiger partial charge is 0.387 e. The van der Waals surface area contributed by atoms with Gasteiger partial charge in [-0.3, -0.25) is 4.79 Å². The monoisotopic (exact) mass is 330 g/mol. The minimum Gasteiger partial charge on any atom is -0.435 e. The van der Waals surface area contributed by atoms with Crippen molar-refractivity contribution < 1.29 is 18.3 Å². The molecule has 7 heteroatoms. The third-order valence-corrected chi connectivity index (χ3v) is 4.04. The number of piperidine rings is 1. The van der Waals surface area contributed by atoms with Gasteiger partial charge in [0.1, 0.15) is 5.75 Å². The number of anilines is 1. The summed E-state index contributed by atoms with van der Waals surface area (Å²) in [6.45, 7) is -1.18. The van der Waals surface area contributed by atoms with Crippen LogP contribution in [0.3, 0.4) is 0 Å². The Bertz CT molecular complexity index is 485. The zero-order valence-electron chi connectivity index (χ0n) is 12.4. The third kappa shape index (κ3) is 5.05. The lowest BCUT2D eigenvalue weighted by Gasteiger charge is -2.34. The molecule has 1 saturated heterocycles. The highest BCUT2D eigenvalue weighted by Crippen LogP contribution is 2.23. The maximum Gasteiger partial charge on any atom is 0.387 e. The number of amides is 1. The average Bonchev–Trinajstić information content (AvgIpc) is 2.48. The first kappa shape index (κ1) is 16.9. The van der Waals surface area contributed by atoms with E-state index < -0.39 is 6.61 Å². The van der Waals surface area contributed by atoms with Crippen LogP contribution in [0.15, 0.2) is 24.3 Å². The molecule has 2 rings (SSSR count). The zero-order valence-corrected chi connectivity index (χ0v) is 13.2. The molecule has 1 aliphatic rings. The number of hydrogen-bond donors (Lipinski definition) is 1. The van der Waals surface area contributed by atoms with Crippen LogP contribution < -0.4 is 15.0 Å². The molecular weight excluding hydrogens is 310 g/mol. The van der Waals surface area contributed by atoms with Gasteiger partial charge in [0.2, 0.25) is 5.91 Å². The minimum absolute atomic E-state index is 0.0556. The lowest BCUT2D eigenvalue weighted by atomic mass is 10.0. The molecule has 1 aromatic carbocycles. The Labute approximate surface area is 133 Å². The van der Waals surface area contributed by atoms with Gasteiger partial charge in [0.25, 0.3) is 0 Å². The number of benzene rings is 1. The number of thioether (sulfide) groups is 1. The van der Waals surface area contributed by atoms with Crippen LogP contribution in [0.25, 0.3) is 0 Å². The Balaban J connectivity index is 1.92. The van der Waals surface area contributed by atoms with E-state index in [1.54, 1.807) is 12.1 Å². The van der Waals surface area contributed by atoms with Crippen molar-refractivity contribution in [2.75, 3.05) is 30.0 Å². The number of carbonyl (C=O) groups is 1. The molecule has 0 aromatic heterocycles. The highest BCUT2D eigenvalue weighted by Gasteiger charge is 2.21. The van der Waals surface area contributed by atoms with Crippen LogP contribution in [-0.2, 0) is 4.79 Å². The molecule has 0 aliphatic carbocycles. The van der Waals surface area contributed by atoms with Gasteiger partial charge in [-0.15, -0.1) is 0 Å². The molecule has 1 heterocycles. The fraction of sp³-hybridized carbons (Fsp3) is 0.533. The summed E-state index contributed by atoms with van der Waals surface area (Å²) in [4.78, 5) is 13.8. The number of rotatable bonds is 6. The van der Waals surface area contributed by atoms with E-state index in [4.69, 9.17) is 0 Å². The van der Waals surface area contributed by atoms with Gasteiger partial charge in [-0.1, -0.05) is 0 Å². The second-order valence-electron chi connectivity index (χ2n) is 5.16. The predicted octanol–water partition coefficient (Wildman–Crippen LogP) is 2.74. The Hall–Kier alpha value is -1.50. The number of nitrogens with zero attached hydrogens (tertiary/aromatic N) is 1. The molecule has 122 valence electrons. The molecule has 0 unspecified atom stereocenters. The van der Waals surface area contributed by atoms with Gasteiger partial charge in [0, 0.05) is 24.8 Å². The summed E-state index contributed by atoms with van der Waals surface area (Å²) in [5.74, 6) is 0.677. The largest absolute Gasteiger partial charge is 0.435 e. The van der Waals surface area contributed by atoms with E-state index in [-0.39, 0.29) is 17.7 Å². The first-order valence-corrected chi connectivity index (χ1v) is 8.56. The summed E-state index contributed by atoms with van der Waals surface area (Å²) in [6.07, 6.45) is 3.85. The summed E-state index contributed by atoms with van der Waals surface area (Å²) in [7, 11) is 0. The van der Waals surface area contributed by atoms with E-state index in [0.29, 0.717) is 5.75 Å². The third-order valence-electron chi connectivity index (χ3n) is 3.49. The molecule has 22 heavy (non-hydrogen) atoms. The van der Waals surface area contributed by atoms with Gasteiger partial charge in [0.15, 0.2) is 0 Å². The first-order chi connectivity index (χ1) is 10.6. The number of nitrogens with one attached hydrogen (secondary N) is 1. The number of halogens is 2. The summed E-state index contributed by atoms with van der Waals surface area (Å²) < 4.78 is 28.6. The van der Waals surface area contributed by atoms with Crippen molar-refractivity contribution in [2.24, 2.45) is 0 Å². The molecule has 4 nitrogen and oxygen atoms in total. The highest BCUT2D eigenvalue weighted by molar-refractivity contribution is 7.99. The van der Waals surface area contributed by atoms with Gasteiger partial charge in [-0.05, 0) is 43.4 Å². The summed E-state index contributed by atoms with van der Waals surface area (Å²) in [6, 6.07) is 6.74. The van der Waals surface area contributed by atoms with Crippen molar-refractivity contribution in [1.29, 1.82) is 0 Å². The van der Waals surface area contributed by atoms with E-state index in [2.05, 4.69) is 15.0 Å². The molecule has 1 amide bonds. The van der Waals surface area contributed by atoms with Crippen LogP contribution >= 0.6 is 11.8 Å².